The zero-order valence-electron chi connectivity index (χ0n) is 19.8. The van der Waals surface area contributed by atoms with Gasteiger partial charge in [-0.25, -0.2) is 0 Å². The first-order valence-electron chi connectivity index (χ1n) is 11.3. The largest absolute Gasteiger partial charge is 0.396 e. The molecule has 0 radical (unpaired) electrons. The maximum Gasteiger partial charge on any atom is 0.125 e. The first-order valence-corrected chi connectivity index (χ1v) is 11.3. The Balaban J connectivity index is 6.66. The van der Waals surface area contributed by atoms with E-state index in [2.05, 4.69) is 0 Å². The maximum atomic E-state index is 12.0. The SMILES string of the molecule is CCCCC(CC)(CO)C(O)C(O)(C(O)C(CC)(CO)CC(C)C)C(C)(C)CO. The summed E-state index contributed by atoms with van der Waals surface area (Å²) in [6.45, 7) is 11.7. The average molecular weight is 421 g/mol. The molecule has 0 aliphatic heterocycles. The van der Waals surface area contributed by atoms with Gasteiger partial charge < -0.3 is 30.6 Å². The average Bonchev–Trinajstić information content (AvgIpc) is 2.71. The number of aliphatic hydroxyl groups excluding tert-OH is 5. The molecule has 0 rings (SSSR count). The van der Waals surface area contributed by atoms with Crippen molar-refractivity contribution in [1.29, 1.82) is 0 Å². The summed E-state index contributed by atoms with van der Waals surface area (Å²) < 4.78 is 0. The highest BCUT2D eigenvalue weighted by Gasteiger charge is 2.63. The molecule has 0 aromatic carbocycles. The first-order chi connectivity index (χ1) is 13.3. The van der Waals surface area contributed by atoms with Crippen molar-refractivity contribution in [3.8, 4) is 0 Å². The molecule has 0 aliphatic rings. The molecule has 0 aromatic rings. The molecule has 5 atom stereocenters. The summed E-state index contributed by atoms with van der Waals surface area (Å²) in [4.78, 5) is 0. The van der Waals surface area contributed by atoms with E-state index in [1.54, 1.807) is 13.8 Å². The topological polar surface area (TPSA) is 121 Å². The van der Waals surface area contributed by atoms with Crippen LogP contribution >= 0.6 is 0 Å². The Bertz CT molecular complexity index is 456. The number of unbranched alkanes of at least 4 members (excludes halogenated alkanes) is 1. The number of aliphatic hydroxyl groups is 6. The second-order valence-corrected chi connectivity index (χ2v) is 10.1. The molecule has 6 N–H and O–H groups in total. The van der Waals surface area contributed by atoms with Gasteiger partial charge >= 0.3 is 0 Å². The Hall–Kier alpha value is -0.240. The standard InChI is InChI=1S/C23H48O6/c1-8-11-12-21(9-2,15-25)18(27)23(29,20(6,7)14-24)19(28)22(10-3,16-26)13-17(4)5/h17-19,24-29H,8-16H2,1-7H3. The van der Waals surface area contributed by atoms with Gasteiger partial charge in [-0.1, -0.05) is 61.3 Å². The summed E-state index contributed by atoms with van der Waals surface area (Å²) >= 11 is 0. The maximum absolute atomic E-state index is 12.0. The summed E-state index contributed by atoms with van der Waals surface area (Å²) in [6, 6.07) is 0. The van der Waals surface area contributed by atoms with Crippen LogP contribution in [-0.2, 0) is 0 Å². The molecular weight excluding hydrogens is 372 g/mol. The molecule has 0 amide bonds. The fraction of sp³-hybridized carbons (Fsp3) is 1.00. The van der Waals surface area contributed by atoms with Gasteiger partial charge in [0.25, 0.3) is 0 Å². The molecule has 0 bridgehead atoms. The van der Waals surface area contributed by atoms with Crippen LogP contribution in [0.5, 0.6) is 0 Å². The Morgan fingerprint density at radius 2 is 1.21 bits per heavy atom. The van der Waals surface area contributed by atoms with Crippen molar-refractivity contribution in [1.82, 2.24) is 0 Å². The van der Waals surface area contributed by atoms with E-state index in [0.29, 0.717) is 25.7 Å². The molecule has 5 unspecified atom stereocenters. The smallest absolute Gasteiger partial charge is 0.125 e. The van der Waals surface area contributed by atoms with Crippen LogP contribution in [0.1, 0.15) is 87.0 Å². The van der Waals surface area contributed by atoms with Crippen LogP contribution in [0.4, 0.5) is 0 Å². The number of hydrogen-bond donors (Lipinski definition) is 6. The molecule has 0 spiro atoms. The molecular formula is C23H48O6. The first kappa shape index (κ1) is 28.8. The third-order valence-corrected chi connectivity index (χ3v) is 7.35. The Morgan fingerprint density at radius 3 is 1.52 bits per heavy atom. The zero-order valence-corrected chi connectivity index (χ0v) is 19.8. The molecule has 6 heteroatoms. The van der Waals surface area contributed by atoms with Crippen molar-refractivity contribution in [2.45, 2.75) is 105 Å². The van der Waals surface area contributed by atoms with Crippen LogP contribution in [0, 0.1) is 22.2 Å². The van der Waals surface area contributed by atoms with Crippen LogP contribution in [-0.4, -0.2) is 68.3 Å². The van der Waals surface area contributed by atoms with E-state index in [1.807, 2.05) is 34.6 Å². The van der Waals surface area contributed by atoms with Gasteiger partial charge in [0, 0.05) is 16.2 Å². The van der Waals surface area contributed by atoms with E-state index >= 15 is 0 Å². The predicted octanol–water partition coefficient (Wildman–Crippen LogP) is 2.47. The number of hydrogen-bond acceptors (Lipinski definition) is 6. The summed E-state index contributed by atoms with van der Waals surface area (Å²) in [5.41, 5.74) is -5.48. The third-order valence-electron chi connectivity index (χ3n) is 7.35. The second-order valence-electron chi connectivity index (χ2n) is 10.1. The van der Waals surface area contributed by atoms with Crippen molar-refractivity contribution in [3.63, 3.8) is 0 Å². The van der Waals surface area contributed by atoms with E-state index in [4.69, 9.17) is 0 Å². The Labute approximate surface area is 178 Å². The lowest BCUT2D eigenvalue weighted by molar-refractivity contribution is -0.277. The quantitative estimate of drug-likeness (QED) is 0.242. The van der Waals surface area contributed by atoms with Gasteiger partial charge in [0.15, 0.2) is 0 Å². The number of rotatable bonds is 15. The van der Waals surface area contributed by atoms with Gasteiger partial charge in [-0.2, -0.15) is 0 Å². The molecule has 6 nitrogen and oxygen atoms in total. The summed E-state index contributed by atoms with van der Waals surface area (Å²) in [6.07, 6.45) is 0.365. The van der Waals surface area contributed by atoms with Gasteiger partial charge in [0.1, 0.15) is 5.60 Å². The lowest BCUT2D eigenvalue weighted by Crippen LogP contribution is -2.71. The molecule has 0 heterocycles. The fourth-order valence-electron chi connectivity index (χ4n) is 4.79. The highest BCUT2D eigenvalue weighted by molar-refractivity contribution is 5.13. The molecule has 0 saturated heterocycles. The molecule has 0 fully saturated rings. The van der Waals surface area contributed by atoms with Gasteiger partial charge in [-0.15, -0.1) is 0 Å². The van der Waals surface area contributed by atoms with Crippen molar-refractivity contribution in [3.05, 3.63) is 0 Å². The van der Waals surface area contributed by atoms with Crippen molar-refractivity contribution >= 4 is 0 Å². The van der Waals surface area contributed by atoms with Crippen molar-refractivity contribution in [2.24, 2.45) is 22.2 Å². The molecule has 29 heavy (non-hydrogen) atoms. The van der Waals surface area contributed by atoms with E-state index in [-0.39, 0.29) is 19.1 Å². The normalized spacial score (nSPS) is 21.3. The monoisotopic (exact) mass is 420 g/mol. The van der Waals surface area contributed by atoms with Gasteiger partial charge in [-0.05, 0) is 31.6 Å². The van der Waals surface area contributed by atoms with Crippen molar-refractivity contribution < 1.29 is 30.6 Å². The van der Waals surface area contributed by atoms with Crippen LogP contribution in [0.15, 0.2) is 0 Å². The van der Waals surface area contributed by atoms with Crippen molar-refractivity contribution in [2.75, 3.05) is 19.8 Å². The molecule has 0 aromatic heterocycles. The third kappa shape index (κ3) is 5.52. The lowest BCUT2D eigenvalue weighted by Gasteiger charge is -2.57. The van der Waals surface area contributed by atoms with E-state index < -0.39 is 40.7 Å². The van der Waals surface area contributed by atoms with Crippen LogP contribution in [0.3, 0.4) is 0 Å². The van der Waals surface area contributed by atoms with E-state index in [9.17, 15) is 30.6 Å². The van der Waals surface area contributed by atoms with Gasteiger partial charge in [-0.3, -0.25) is 0 Å². The summed E-state index contributed by atoms with van der Waals surface area (Å²) in [5, 5.41) is 65.8. The fourth-order valence-corrected chi connectivity index (χ4v) is 4.79. The highest BCUT2D eigenvalue weighted by atomic mass is 16.4. The molecule has 0 aliphatic carbocycles. The minimum atomic E-state index is -2.14. The minimum Gasteiger partial charge on any atom is -0.396 e. The van der Waals surface area contributed by atoms with Crippen LogP contribution in [0.2, 0.25) is 0 Å². The van der Waals surface area contributed by atoms with Crippen LogP contribution < -0.4 is 0 Å². The van der Waals surface area contributed by atoms with E-state index in [0.717, 1.165) is 12.8 Å². The summed E-state index contributed by atoms with van der Waals surface area (Å²) in [7, 11) is 0. The lowest BCUT2D eigenvalue weighted by atomic mass is 9.55. The molecule has 0 saturated carbocycles. The molecule has 176 valence electrons. The minimum absolute atomic E-state index is 0.143. The summed E-state index contributed by atoms with van der Waals surface area (Å²) in [5.74, 6) is 0.143. The van der Waals surface area contributed by atoms with E-state index in [1.165, 1.54) is 0 Å². The predicted molar refractivity (Wildman–Crippen MR) is 116 cm³/mol. The van der Waals surface area contributed by atoms with Crippen LogP contribution in [0.25, 0.3) is 0 Å². The Morgan fingerprint density at radius 1 is 0.759 bits per heavy atom. The van der Waals surface area contributed by atoms with Gasteiger partial charge in [0.05, 0.1) is 32.0 Å². The van der Waals surface area contributed by atoms with Gasteiger partial charge in [0.2, 0.25) is 0 Å². The zero-order chi connectivity index (χ0) is 23.1. The highest BCUT2D eigenvalue weighted by Crippen LogP contribution is 2.51. The second kappa shape index (κ2) is 11.4. The Kier molecular flexibility index (Phi) is 11.3.